The van der Waals surface area contributed by atoms with Crippen molar-refractivity contribution in [1.29, 1.82) is 0 Å². The lowest BCUT2D eigenvalue weighted by atomic mass is 10.2. The molecular formula is C15H15N3O7S. The molecule has 0 saturated carbocycles. The van der Waals surface area contributed by atoms with E-state index in [1.54, 1.807) is 11.4 Å². The monoisotopic (exact) mass is 381 g/mol. The van der Waals surface area contributed by atoms with E-state index in [9.17, 15) is 19.5 Å². The third kappa shape index (κ3) is 3.83. The molecule has 1 unspecified atom stereocenters. The molecule has 4 N–H and O–H groups in total. The van der Waals surface area contributed by atoms with Crippen LogP contribution in [0.3, 0.4) is 0 Å². The molecule has 2 aromatic rings. The number of nitrogens with one attached hydrogen (secondary N) is 2. The number of rotatable bonds is 5. The number of carbonyl (C=O) groups excluding carboxylic acids is 1. The minimum absolute atomic E-state index is 0.0883. The minimum atomic E-state index is -1.54. The Morgan fingerprint density at radius 2 is 2.31 bits per heavy atom. The number of anilines is 1. The Bertz CT molecular complexity index is 886. The van der Waals surface area contributed by atoms with E-state index in [4.69, 9.17) is 14.6 Å². The first-order chi connectivity index (χ1) is 12.5. The number of hydrogen-bond donors (Lipinski definition) is 4. The summed E-state index contributed by atoms with van der Waals surface area (Å²) in [5.74, 6) is -2.62. The maximum absolute atomic E-state index is 11.9. The molecule has 3 heterocycles. The average Bonchev–Trinajstić information content (AvgIpc) is 3.26. The highest BCUT2D eigenvalue weighted by molar-refractivity contribution is 7.14. The number of hydrogen-bond acceptors (Lipinski definition) is 8. The second-order valence-corrected chi connectivity index (χ2v) is 6.35. The molecule has 3 rings (SSSR count). The van der Waals surface area contributed by atoms with Gasteiger partial charge < -0.3 is 24.7 Å². The smallest absolute Gasteiger partial charge is 0.411 e. The fraction of sp³-hybridized carbons (Fsp3) is 0.333. The number of aromatic amines is 1. The molecule has 1 aliphatic rings. The van der Waals surface area contributed by atoms with Gasteiger partial charge in [0.25, 0.3) is 5.56 Å². The quantitative estimate of drug-likeness (QED) is 0.610. The number of amides is 1. The standard InChI is InChI=1S/C15H15N3O7S/c19-10-9(14(21)22)17-12(18-13(10)20)11-8(3-5-26-11)16-15(23)25-6-7-2-1-4-24-7/h3,5,7,19H,1-2,4,6H2,(H,16,23)(H,21,22)(H,17,18,20). The molecule has 0 radical (unpaired) electrons. The summed E-state index contributed by atoms with van der Waals surface area (Å²) in [6, 6.07) is 1.56. The van der Waals surface area contributed by atoms with Crippen molar-refractivity contribution in [2.24, 2.45) is 0 Å². The van der Waals surface area contributed by atoms with Crippen LogP contribution in [-0.2, 0) is 9.47 Å². The number of carbonyl (C=O) groups is 2. The van der Waals surface area contributed by atoms with Gasteiger partial charge in [-0.1, -0.05) is 0 Å². The largest absolute Gasteiger partial charge is 0.501 e. The van der Waals surface area contributed by atoms with Gasteiger partial charge in [0.05, 0.1) is 16.7 Å². The molecule has 1 saturated heterocycles. The number of thiophene rings is 1. The van der Waals surface area contributed by atoms with Gasteiger partial charge >= 0.3 is 12.1 Å². The van der Waals surface area contributed by atoms with Crippen molar-refractivity contribution in [3.63, 3.8) is 0 Å². The highest BCUT2D eigenvalue weighted by Crippen LogP contribution is 2.31. The van der Waals surface area contributed by atoms with Crippen LogP contribution in [0.2, 0.25) is 0 Å². The van der Waals surface area contributed by atoms with Crippen LogP contribution < -0.4 is 10.9 Å². The van der Waals surface area contributed by atoms with Gasteiger partial charge in [0.1, 0.15) is 6.61 Å². The summed E-state index contributed by atoms with van der Waals surface area (Å²) in [5.41, 5.74) is -1.48. The summed E-state index contributed by atoms with van der Waals surface area (Å²) in [4.78, 5) is 41.1. The average molecular weight is 381 g/mol. The molecule has 138 valence electrons. The van der Waals surface area contributed by atoms with Gasteiger partial charge in [0, 0.05) is 6.61 Å². The third-order valence-electron chi connectivity index (χ3n) is 3.64. The molecule has 0 aromatic carbocycles. The number of ether oxygens (including phenoxy) is 2. The number of H-pyrrole nitrogens is 1. The lowest BCUT2D eigenvalue weighted by Crippen LogP contribution is -2.21. The van der Waals surface area contributed by atoms with Crippen LogP contribution in [0, 0.1) is 0 Å². The van der Waals surface area contributed by atoms with Crippen molar-refractivity contribution in [2.75, 3.05) is 18.5 Å². The van der Waals surface area contributed by atoms with E-state index in [-0.39, 0.29) is 24.2 Å². The zero-order valence-electron chi connectivity index (χ0n) is 13.4. The predicted molar refractivity (Wildman–Crippen MR) is 90.7 cm³/mol. The van der Waals surface area contributed by atoms with Crippen molar-refractivity contribution in [3.8, 4) is 16.5 Å². The van der Waals surface area contributed by atoms with Crippen LogP contribution in [0.5, 0.6) is 5.75 Å². The highest BCUT2D eigenvalue weighted by atomic mass is 32.1. The highest BCUT2D eigenvalue weighted by Gasteiger charge is 2.21. The summed E-state index contributed by atoms with van der Waals surface area (Å²) in [6.45, 7) is 0.777. The van der Waals surface area contributed by atoms with Crippen LogP contribution in [-0.4, -0.2) is 51.6 Å². The summed E-state index contributed by atoms with van der Waals surface area (Å²) in [7, 11) is 0. The first-order valence-corrected chi connectivity index (χ1v) is 8.53. The van der Waals surface area contributed by atoms with Crippen molar-refractivity contribution in [3.05, 3.63) is 27.5 Å². The third-order valence-corrected chi connectivity index (χ3v) is 4.56. The van der Waals surface area contributed by atoms with Crippen LogP contribution in [0.25, 0.3) is 10.7 Å². The van der Waals surface area contributed by atoms with Crippen molar-refractivity contribution in [1.82, 2.24) is 9.97 Å². The van der Waals surface area contributed by atoms with Gasteiger partial charge in [-0.05, 0) is 24.3 Å². The molecule has 10 nitrogen and oxygen atoms in total. The van der Waals surface area contributed by atoms with E-state index in [1.807, 2.05) is 0 Å². The van der Waals surface area contributed by atoms with Crippen LogP contribution in [0.15, 0.2) is 16.2 Å². The summed E-state index contributed by atoms with van der Waals surface area (Å²) in [5, 5.41) is 22.7. The summed E-state index contributed by atoms with van der Waals surface area (Å²) < 4.78 is 10.5. The van der Waals surface area contributed by atoms with Crippen molar-refractivity contribution in [2.45, 2.75) is 18.9 Å². The molecule has 1 atom stereocenters. The van der Waals surface area contributed by atoms with E-state index >= 15 is 0 Å². The Hall–Kier alpha value is -2.92. The Balaban J connectivity index is 1.77. The molecule has 26 heavy (non-hydrogen) atoms. The van der Waals surface area contributed by atoms with E-state index in [0.29, 0.717) is 11.5 Å². The maximum Gasteiger partial charge on any atom is 0.411 e. The van der Waals surface area contributed by atoms with Gasteiger partial charge in [0.15, 0.2) is 11.5 Å². The van der Waals surface area contributed by atoms with Crippen molar-refractivity contribution < 1.29 is 29.3 Å². The van der Waals surface area contributed by atoms with E-state index in [1.165, 1.54) is 0 Å². The molecular weight excluding hydrogens is 366 g/mol. The number of carboxylic acid groups (broad SMARTS) is 1. The number of nitrogens with zero attached hydrogens (tertiary/aromatic N) is 1. The minimum Gasteiger partial charge on any atom is -0.501 e. The molecule has 0 bridgehead atoms. The second-order valence-electron chi connectivity index (χ2n) is 5.44. The molecule has 2 aromatic heterocycles. The predicted octanol–water partition coefficient (Wildman–Crippen LogP) is 1.63. The van der Waals surface area contributed by atoms with Crippen LogP contribution >= 0.6 is 11.3 Å². The fourth-order valence-corrected chi connectivity index (χ4v) is 3.20. The maximum atomic E-state index is 11.9. The van der Waals surface area contributed by atoms with Gasteiger partial charge in [-0.3, -0.25) is 10.1 Å². The van der Waals surface area contributed by atoms with Gasteiger partial charge in [-0.25, -0.2) is 14.6 Å². The van der Waals surface area contributed by atoms with Gasteiger partial charge in [-0.15, -0.1) is 11.3 Å². The Labute approximate surface area is 150 Å². The van der Waals surface area contributed by atoms with Crippen LogP contribution in [0.4, 0.5) is 10.5 Å². The lowest BCUT2D eigenvalue weighted by Gasteiger charge is -2.11. The van der Waals surface area contributed by atoms with Gasteiger partial charge in [-0.2, -0.15) is 0 Å². The Morgan fingerprint density at radius 1 is 1.50 bits per heavy atom. The fourth-order valence-electron chi connectivity index (χ4n) is 2.41. The second kappa shape index (κ2) is 7.54. The van der Waals surface area contributed by atoms with E-state index in [0.717, 1.165) is 24.2 Å². The van der Waals surface area contributed by atoms with Crippen LogP contribution in [0.1, 0.15) is 23.3 Å². The number of aromatic nitrogens is 2. The number of aromatic carboxylic acids is 1. The lowest BCUT2D eigenvalue weighted by molar-refractivity contribution is 0.0484. The van der Waals surface area contributed by atoms with E-state index < -0.39 is 29.1 Å². The first kappa shape index (κ1) is 17.9. The SMILES string of the molecule is O=C(Nc1ccsc1-c1nc(C(=O)O)c(O)c(=O)[nH]1)OCC1CCCO1. The molecule has 0 aliphatic carbocycles. The topological polar surface area (TPSA) is 151 Å². The Morgan fingerprint density at radius 3 is 3.00 bits per heavy atom. The molecule has 1 fully saturated rings. The zero-order valence-corrected chi connectivity index (χ0v) is 14.2. The number of carboxylic acids is 1. The molecule has 11 heteroatoms. The van der Waals surface area contributed by atoms with E-state index in [2.05, 4.69) is 15.3 Å². The number of aromatic hydroxyl groups is 1. The van der Waals surface area contributed by atoms with Gasteiger partial charge in [0.2, 0.25) is 5.75 Å². The Kier molecular flexibility index (Phi) is 5.19. The molecule has 0 spiro atoms. The first-order valence-electron chi connectivity index (χ1n) is 7.65. The zero-order chi connectivity index (χ0) is 18.7. The summed E-state index contributed by atoms with van der Waals surface area (Å²) >= 11 is 1.12. The molecule has 1 amide bonds. The summed E-state index contributed by atoms with van der Waals surface area (Å²) in [6.07, 6.45) is 0.930. The normalized spacial score (nSPS) is 16.4. The van der Waals surface area contributed by atoms with Crippen molar-refractivity contribution >= 4 is 29.1 Å². The molecule has 1 aliphatic heterocycles.